The fraction of sp³-hybridized carbons (Fsp3) is 1.00. The molecule has 0 saturated heterocycles. The van der Waals surface area contributed by atoms with Crippen LogP contribution >= 0.6 is 0 Å². The summed E-state index contributed by atoms with van der Waals surface area (Å²) in [7, 11) is 3.72. The second-order valence-electron chi connectivity index (χ2n) is 3.20. The molecule has 0 bridgehead atoms. The first-order valence-electron chi connectivity index (χ1n) is 5.09. The highest BCUT2D eigenvalue weighted by molar-refractivity contribution is 4.62. The molecule has 0 fully saturated rings. The summed E-state index contributed by atoms with van der Waals surface area (Å²) in [6.45, 7) is 4.64. The average molecular weight is 189 g/mol. The molecule has 0 radical (unpaired) electrons. The summed E-state index contributed by atoms with van der Waals surface area (Å²) in [5.41, 5.74) is 0. The Labute approximate surface area is 81.8 Å². The first-order valence-corrected chi connectivity index (χ1v) is 5.09. The van der Waals surface area contributed by atoms with Crippen LogP contribution in [0.25, 0.3) is 0 Å². The van der Waals surface area contributed by atoms with Crippen LogP contribution in [-0.2, 0) is 9.47 Å². The van der Waals surface area contributed by atoms with Crippen molar-refractivity contribution in [2.24, 2.45) is 0 Å². The molecule has 1 atom stereocenters. The Morgan fingerprint density at radius 1 is 1.31 bits per heavy atom. The van der Waals surface area contributed by atoms with Gasteiger partial charge in [-0.3, -0.25) is 0 Å². The first kappa shape index (κ1) is 12.9. The number of ether oxygens (including phenoxy) is 2. The predicted molar refractivity (Wildman–Crippen MR) is 55.1 cm³/mol. The van der Waals surface area contributed by atoms with Gasteiger partial charge in [0.25, 0.3) is 0 Å². The Kier molecular flexibility index (Phi) is 9.87. The van der Waals surface area contributed by atoms with Crippen LogP contribution in [0.1, 0.15) is 26.2 Å². The Bertz CT molecular complexity index is 88.9. The van der Waals surface area contributed by atoms with Crippen LogP contribution in [0.4, 0.5) is 0 Å². The lowest BCUT2D eigenvalue weighted by atomic mass is 10.2. The van der Waals surface area contributed by atoms with Gasteiger partial charge in [-0.15, -0.1) is 0 Å². The molecule has 1 unspecified atom stereocenters. The van der Waals surface area contributed by atoms with Crippen LogP contribution in [0.3, 0.4) is 0 Å². The Balaban J connectivity index is 3.28. The van der Waals surface area contributed by atoms with Gasteiger partial charge in [0.1, 0.15) is 0 Å². The molecule has 0 spiro atoms. The zero-order chi connectivity index (χ0) is 9.94. The van der Waals surface area contributed by atoms with Crippen LogP contribution in [0.2, 0.25) is 0 Å². The van der Waals surface area contributed by atoms with Gasteiger partial charge in [0.15, 0.2) is 0 Å². The molecule has 0 amide bonds. The third-order valence-electron chi connectivity index (χ3n) is 1.98. The van der Waals surface area contributed by atoms with Crippen molar-refractivity contribution >= 4 is 0 Å². The van der Waals surface area contributed by atoms with Gasteiger partial charge in [-0.1, -0.05) is 6.92 Å². The topological polar surface area (TPSA) is 30.5 Å². The molecule has 3 heteroatoms. The van der Waals surface area contributed by atoms with Gasteiger partial charge in [0, 0.05) is 26.4 Å². The lowest BCUT2D eigenvalue weighted by Gasteiger charge is -2.15. The Hall–Kier alpha value is -0.120. The zero-order valence-corrected chi connectivity index (χ0v) is 9.14. The lowest BCUT2D eigenvalue weighted by Crippen LogP contribution is -2.30. The standard InChI is InChI=1S/C10H23NO2/c1-4-7-13-9-10(11-2)6-5-8-12-3/h10-11H,4-9H2,1-3H3. The van der Waals surface area contributed by atoms with Crippen molar-refractivity contribution in [3.63, 3.8) is 0 Å². The van der Waals surface area contributed by atoms with Crippen molar-refractivity contribution in [1.82, 2.24) is 5.32 Å². The molecule has 0 aromatic carbocycles. The molecule has 0 aliphatic rings. The lowest BCUT2D eigenvalue weighted by molar-refractivity contribution is 0.106. The molecule has 0 aromatic rings. The first-order chi connectivity index (χ1) is 6.35. The molecule has 0 rings (SSSR count). The second-order valence-corrected chi connectivity index (χ2v) is 3.20. The van der Waals surface area contributed by atoms with E-state index in [0.29, 0.717) is 6.04 Å². The Morgan fingerprint density at radius 3 is 2.62 bits per heavy atom. The number of nitrogens with one attached hydrogen (secondary N) is 1. The van der Waals surface area contributed by atoms with Crippen molar-refractivity contribution in [3.8, 4) is 0 Å². The highest BCUT2D eigenvalue weighted by atomic mass is 16.5. The molecule has 80 valence electrons. The van der Waals surface area contributed by atoms with E-state index in [4.69, 9.17) is 9.47 Å². The van der Waals surface area contributed by atoms with Crippen molar-refractivity contribution in [3.05, 3.63) is 0 Å². The predicted octanol–water partition coefficient (Wildman–Crippen LogP) is 1.43. The van der Waals surface area contributed by atoms with E-state index in [-0.39, 0.29) is 0 Å². The van der Waals surface area contributed by atoms with E-state index >= 15 is 0 Å². The fourth-order valence-corrected chi connectivity index (χ4v) is 1.16. The molecule has 0 aliphatic carbocycles. The van der Waals surface area contributed by atoms with E-state index in [1.54, 1.807) is 7.11 Å². The molecule has 1 N–H and O–H groups in total. The van der Waals surface area contributed by atoms with Gasteiger partial charge in [-0.25, -0.2) is 0 Å². The summed E-state index contributed by atoms with van der Waals surface area (Å²) >= 11 is 0. The van der Waals surface area contributed by atoms with Crippen LogP contribution < -0.4 is 5.32 Å². The van der Waals surface area contributed by atoms with E-state index in [2.05, 4.69) is 12.2 Å². The molecule has 0 heterocycles. The van der Waals surface area contributed by atoms with Gasteiger partial charge in [0.05, 0.1) is 6.61 Å². The minimum absolute atomic E-state index is 0.474. The normalized spacial score (nSPS) is 13.2. The van der Waals surface area contributed by atoms with Crippen LogP contribution in [0, 0.1) is 0 Å². The smallest absolute Gasteiger partial charge is 0.0619 e. The van der Waals surface area contributed by atoms with E-state index < -0.39 is 0 Å². The molecule has 3 nitrogen and oxygen atoms in total. The van der Waals surface area contributed by atoms with Crippen molar-refractivity contribution in [2.75, 3.05) is 34.0 Å². The van der Waals surface area contributed by atoms with E-state index in [1.807, 2.05) is 7.05 Å². The van der Waals surface area contributed by atoms with Crippen molar-refractivity contribution < 1.29 is 9.47 Å². The van der Waals surface area contributed by atoms with Gasteiger partial charge >= 0.3 is 0 Å². The van der Waals surface area contributed by atoms with Crippen molar-refractivity contribution in [2.45, 2.75) is 32.2 Å². The summed E-state index contributed by atoms with van der Waals surface area (Å²) in [5, 5.41) is 3.24. The Morgan fingerprint density at radius 2 is 2.08 bits per heavy atom. The van der Waals surface area contributed by atoms with Crippen LogP contribution in [0.15, 0.2) is 0 Å². The molecule has 0 aliphatic heterocycles. The molecule has 0 aromatic heterocycles. The second kappa shape index (κ2) is 9.96. The summed E-state index contributed by atoms with van der Waals surface area (Å²) in [6, 6.07) is 0.474. The summed E-state index contributed by atoms with van der Waals surface area (Å²) < 4.78 is 10.5. The quantitative estimate of drug-likeness (QED) is 0.557. The van der Waals surface area contributed by atoms with Crippen LogP contribution in [-0.4, -0.2) is 40.0 Å². The zero-order valence-electron chi connectivity index (χ0n) is 9.14. The number of likely N-dealkylation sites (N-methyl/N-ethyl adjacent to an activating group) is 1. The molecular weight excluding hydrogens is 166 g/mol. The maximum Gasteiger partial charge on any atom is 0.0619 e. The van der Waals surface area contributed by atoms with Gasteiger partial charge in [0.2, 0.25) is 0 Å². The number of rotatable bonds is 9. The van der Waals surface area contributed by atoms with E-state index in [0.717, 1.165) is 39.1 Å². The van der Waals surface area contributed by atoms with Gasteiger partial charge in [-0.2, -0.15) is 0 Å². The molecule has 0 saturated carbocycles. The molecular formula is C10H23NO2. The minimum atomic E-state index is 0.474. The number of hydrogen-bond acceptors (Lipinski definition) is 3. The monoisotopic (exact) mass is 189 g/mol. The average Bonchev–Trinajstić information content (AvgIpc) is 2.16. The number of methoxy groups -OCH3 is 1. The van der Waals surface area contributed by atoms with E-state index in [9.17, 15) is 0 Å². The van der Waals surface area contributed by atoms with Gasteiger partial charge < -0.3 is 14.8 Å². The third kappa shape index (κ3) is 8.22. The number of hydrogen-bond donors (Lipinski definition) is 1. The highest BCUT2D eigenvalue weighted by Crippen LogP contribution is 1.98. The molecule has 13 heavy (non-hydrogen) atoms. The summed E-state index contributed by atoms with van der Waals surface area (Å²) in [4.78, 5) is 0. The highest BCUT2D eigenvalue weighted by Gasteiger charge is 2.04. The third-order valence-corrected chi connectivity index (χ3v) is 1.98. The maximum atomic E-state index is 5.46. The van der Waals surface area contributed by atoms with Crippen molar-refractivity contribution in [1.29, 1.82) is 0 Å². The largest absolute Gasteiger partial charge is 0.385 e. The maximum absolute atomic E-state index is 5.46. The van der Waals surface area contributed by atoms with Gasteiger partial charge in [-0.05, 0) is 26.3 Å². The fourth-order valence-electron chi connectivity index (χ4n) is 1.16. The minimum Gasteiger partial charge on any atom is -0.385 e. The SMILES string of the molecule is CCCOCC(CCCOC)NC. The summed E-state index contributed by atoms with van der Waals surface area (Å²) in [5.74, 6) is 0. The van der Waals surface area contributed by atoms with E-state index in [1.165, 1.54) is 0 Å². The van der Waals surface area contributed by atoms with Crippen LogP contribution in [0.5, 0.6) is 0 Å². The summed E-state index contributed by atoms with van der Waals surface area (Å²) in [6.07, 6.45) is 3.31.